The molecule has 2 nitrogen and oxygen atoms in total. The highest BCUT2D eigenvalue weighted by molar-refractivity contribution is 5.87. The van der Waals surface area contributed by atoms with E-state index in [1.54, 1.807) is 5.57 Å². The van der Waals surface area contributed by atoms with E-state index in [1.807, 2.05) is 0 Å². The Morgan fingerprint density at radius 2 is 1.95 bits per heavy atom. The van der Waals surface area contributed by atoms with Gasteiger partial charge in [-0.1, -0.05) is 25.5 Å². The normalized spacial score (nSPS) is 52.7. The first-order valence-electron chi connectivity index (χ1n) is 8.87. The molecule has 0 aromatic heterocycles. The number of aliphatic hydroxyl groups is 1. The van der Waals surface area contributed by atoms with Crippen LogP contribution in [0.5, 0.6) is 0 Å². The first-order valence-corrected chi connectivity index (χ1v) is 8.87. The van der Waals surface area contributed by atoms with Gasteiger partial charge in [0.05, 0.1) is 6.10 Å². The van der Waals surface area contributed by atoms with Gasteiger partial charge in [-0.25, -0.2) is 0 Å². The molecule has 0 aliphatic heterocycles. The van der Waals surface area contributed by atoms with Crippen LogP contribution >= 0.6 is 0 Å². The van der Waals surface area contributed by atoms with Crippen LogP contribution in [0.1, 0.15) is 65.2 Å². The molecule has 0 bridgehead atoms. The number of carbonyl (C=O) groups is 1. The maximum absolute atomic E-state index is 12.3. The summed E-state index contributed by atoms with van der Waals surface area (Å²) in [6.07, 6.45) is 10.8. The smallest absolute Gasteiger partial charge is 0.139 e. The van der Waals surface area contributed by atoms with Crippen molar-refractivity contribution in [2.75, 3.05) is 0 Å². The standard InChI is InChI=1S/C19H28O2/c1-18-9-7-13(20)11-12(18)3-4-14-15-5-6-17(21)19(15,2)10-8-16(14)18/h8,12-15,20H,3-7,9-11H2,1-2H3/t12-,13-,14+,15+,18+,19+/m1/s1. The first-order chi connectivity index (χ1) is 9.95. The minimum absolute atomic E-state index is 0.0639. The van der Waals surface area contributed by atoms with Crippen LogP contribution in [-0.2, 0) is 4.79 Å². The van der Waals surface area contributed by atoms with Crippen LogP contribution in [-0.4, -0.2) is 17.0 Å². The van der Waals surface area contributed by atoms with Gasteiger partial charge in [-0.15, -0.1) is 0 Å². The Kier molecular flexibility index (Phi) is 2.96. The summed E-state index contributed by atoms with van der Waals surface area (Å²) in [6.45, 7) is 4.67. The summed E-state index contributed by atoms with van der Waals surface area (Å²) >= 11 is 0. The molecule has 3 saturated carbocycles. The van der Waals surface area contributed by atoms with Crippen molar-refractivity contribution in [2.45, 2.75) is 71.3 Å². The minimum Gasteiger partial charge on any atom is -0.393 e. The number of fused-ring (bicyclic) bond motifs is 5. The number of carbonyl (C=O) groups excluding carboxylic acids is 1. The highest BCUT2D eigenvalue weighted by Crippen LogP contribution is 2.63. The van der Waals surface area contributed by atoms with Crippen molar-refractivity contribution in [1.29, 1.82) is 0 Å². The third kappa shape index (κ3) is 1.78. The van der Waals surface area contributed by atoms with Gasteiger partial charge in [0.15, 0.2) is 0 Å². The van der Waals surface area contributed by atoms with Crippen molar-refractivity contribution in [2.24, 2.45) is 28.6 Å². The third-order valence-corrected chi connectivity index (χ3v) is 7.71. The second-order valence-corrected chi connectivity index (χ2v) is 8.58. The number of rotatable bonds is 0. The summed E-state index contributed by atoms with van der Waals surface area (Å²) < 4.78 is 0. The Labute approximate surface area is 128 Å². The van der Waals surface area contributed by atoms with Crippen LogP contribution < -0.4 is 0 Å². The first kappa shape index (κ1) is 14.0. The van der Waals surface area contributed by atoms with E-state index >= 15 is 0 Å². The molecular weight excluding hydrogens is 260 g/mol. The summed E-state index contributed by atoms with van der Waals surface area (Å²) in [4.78, 5) is 12.3. The van der Waals surface area contributed by atoms with Gasteiger partial charge in [-0.05, 0) is 68.1 Å². The van der Waals surface area contributed by atoms with Crippen LogP contribution in [0.3, 0.4) is 0 Å². The minimum atomic E-state index is -0.0814. The summed E-state index contributed by atoms with van der Waals surface area (Å²) in [7, 11) is 0. The number of Topliss-reactive ketones (excluding diaryl/α,β-unsaturated/α-hetero) is 1. The largest absolute Gasteiger partial charge is 0.393 e. The van der Waals surface area contributed by atoms with Crippen LogP contribution in [0.4, 0.5) is 0 Å². The lowest BCUT2D eigenvalue weighted by Crippen LogP contribution is -2.48. The predicted molar refractivity (Wildman–Crippen MR) is 82.7 cm³/mol. The zero-order valence-electron chi connectivity index (χ0n) is 13.4. The highest BCUT2D eigenvalue weighted by atomic mass is 16.3. The summed E-state index contributed by atoms with van der Waals surface area (Å²) in [5.41, 5.74) is 1.91. The molecule has 0 saturated heterocycles. The lowest BCUT2D eigenvalue weighted by molar-refractivity contribution is -0.127. The van der Waals surface area contributed by atoms with E-state index in [0.29, 0.717) is 29.0 Å². The van der Waals surface area contributed by atoms with Crippen molar-refractivity contribution in [3.63, 3.8) is 0 Å². The zero-order chi connectivity index (χ0) is 14.8. The van der Waals surface area contributed by atoms with E-state index in [-0.39, 0.29) is 11.5 Å². The van der Waals surface area contributed by atoms with Gasteiger partial charge >= 0.3 is 0 Å². The SMILES string of the molecule is C[C@]12CC[C@@H](O)C[C@H]1CC[C@@H]1C2=CC[C@]2(C)C(=O)CC[C@@H]12. The molecule has 116 valence electrons. The fourth-order valence-electron chi connectivity index (χ4n) is 6.29. The average Bonchev–Trinajstić information content (AvgIpc) is 2.76. The lowest BCUT2D eigenvalue weighted by Gasteiger charge is -2.55. The molecule has 6 atom stereocenters. The van der Waals surface area contributed by atoms with Crippen LogP contribution in [0, 0.1) is 28.6 Å². The quantitative estimate of drug-likeness (QED) is 0.687. The molecule has 4 rings (SSSR count). The fourth-order valence-corrected chi connectivity index (χ4v) is 6.29. The number of allylic oxidation sites excluding steroid dienone is 2. The molecule has 0 unspecified atom stereocenters. The van der Waals surface area contributed by atoms with Crippen molar-refractivity contribution >= 4 is 5.78 Å². The Bertz CT molecular complexity index is 508. The van der Waals surface area contributed by atoms with Gasteiger partial charge < -0.3 is 5.11 Å². The maximum atomic E-state index is 12.3. The van der Waals surface area contributed by atoms with Gasteiger partial charge in [0.1, 0.15) is 5.78 Å². The molecule has 1 N–H and O–H groups in total. The van der Waals surface area contributed by atoms with Gasteiger partial charge in [0.25, 0.3) is 0 Å². The van der Waals surface area contributed by atoms with Gasteiger partial charge in [0, 0.05) is 11.8 Å². The summed E-state index contributed by atoms with van der Waals surface area (Å²) in [5, 5.41) is 10.0. The Morgan fingerprint density at radius 3 is 2.76 bits per heavy atom. The summed E-state index contributed by atoms with van der Waals surface area (Å²) in [5.74, 6) is 2.40. The van der Waals surface area contributed by atoms with Crippen molar-refractivity contribution in [1.82, 2.24) is 0 Å². The Balaban J connectivity index is 1.71. The summed E-state index contributed by atoms with van der Waals surface area (Å²) in [6, 6.07) is 0. The van der Waals surface area contributed by atoms with E-state index in [4.69, 9.17) is 0 Å². The second-order valence-electron chi connectivity index (χ2n) is 8.58. The molecule has 0 radical (unpaired) electrons. The van der Waals surface area contributed by atoms with Crippen LogP contribution in [0.2, 0.25) is 0 Å². The number of aliphatic hydroxyl groups excluding tert-OH is 1. The molecule has 0 aromatic rings. The Hall–Kier alpha value is -0.630. The molecule has 2 heteroatoms. The van der Waals surface area contributed by atoms with E-state index in [9.17, 15) is 9.90 Å². The lowest BCUT2D eigenvalue weighted by atomic mass is 9.49. The molecular formula is C19H28O2. The van der Waals surface area contributed by atoms with Crippen LogP contribution in [0.25, 0.3) is 0 Å². The van der Waals surface area contributed by atoms with Crippen LogP contribution in [0.15, 0.2) is 11.6 Å². The van der Waals surface area contributed by atoms with E-state index in [2.05, 4.69) is 19.9 Å². The number of hydrogen-bond acceptors (Lipinski definition) is 2. The van der Waals surface area contributed by atoms with E-state index in [1.165, 1.54) is 12.8 Å². The molecule has 4 aliphatic carbocycles. The van der Waals surface area contributed by atoms with Gasteiger partial charge in [-0.3, -0.25) is 4.79 Å². The second kappa shape index (κ2) is 4.44. The monoisotopic (exact) mass is 288 g/mol. The van der Waals surface area contributed by atoms with Crippen molar-refractivity contribution < 1.29 is 9.90 Å². The molecule has 3 fully saturated rings. The predicted octanol–water partition coefficient (Wildman–Crippen LogP) is 3.88. The molecule has 0 amide bonds. The maximum Gasteiger partial charge on any atom is 0.139 e. The Morgan fingerprint density at radius 1 is 1.14 bits per heavy atom. The zero-order valence-corrected chi connectivity index (χ0v) is 13.4. The van der Waals surface area contributed by atoms with Gasteiger partial charge in [0.2, 0.25) is 0 Å². The average molecular weight is 288 g/mol. The highest BCUT2D eigenvalue weighted by Gasteiger charge is 2.56. The number of hydrogen-bond donors (Lipinski definition) is 1. The van der Waals surface area contributed by atoms with E-state index in [0.717, 1.165) is 38.5 Å². The van der Waals surface area contributed by atoms with E-state index < -0.39 is 0 Å². The van der Waals surface area contributed by atoms with Crippen molar-refractivity contribution in [3.8, 4) is 0 Å². The molecule has 21 heavy (non-hydrogen) atoms. The topological polar surface area (TPSA) is 37.3 Å². The fraction of sp³-hybridized carbons (Fsp3) is 0.842. The molecule has 4 aliphatic rings. The molecule has 0 aromatic carbocycles. The number of ketones is 1. The van der Waals surface area contributed by atoms with Gasteiger partial charge in [-0.2, -0.15) is 0 Å². The third-order valence-electron chi connectivity index (χ3n) is 7.71. The van der Waals surface area contributed by atoms with Crippen molar-refractivity contribution in [3.05, 3.63) is 11.6 Å². The molecule has 0 spiro atoms. The molecule has 0 heterocycles.